The van der Waals surface area contributed by atoms with Gasteiger partial charge in [0.25, 0.3) is 5.91 Å². The number of aryl methyl sites for hydroxylation is 1. The Balaban J connectivity index is 2.07. The fraction of sp³-hybridized carbons (Fsp3) is 0.154. The SMILES string of the molecule is Cc1nc(C(=O)NCc2cccs2)ccc1C(=O)O. The van der Waals surface area contributed by atoms with Crippen LogP contribution >= 0.6 is 11.3 Å². The van der Waals surface area contributed by atoms with Crippen LogP contribution in [0.1, 0.15) is 31.4 Å². The Bertz CT molecular complexity index is 608. The van der Waals surface area contributed by atoms with E-state index >= 15 is 0 Å². The molecule has 0 aliphatic carbocycles. The van der Waals surface area contributed by atoms with Gasteiger partial charge in [-0.05, 0) is 30.5 Å². The maximum Gasteiger partial charge on any atom is 0.337 e. The normalized spacial score (nSPS) is 10.2. The number of aromatic nitrogens is 1. The summed E-state index contributed by atoms with van der Waals surface area (Å²) in [5.74, 6) is -1.36. The summed E-state index contributed by atoms with van der Waals surface area (Å²) >= 11 is 1.56. The predicted octanol–water partition coefficient (Wildman–Crippen LogP) is 2.08. The summed E-state index contributed by atoms with van der Waals surface area (Å²) in [5, 5.41) is 13.6. The Morgan fingerprint density at radius 3 is 2.74 bits per heavy atom. The van der Waals surface area contributed by atoms with Crippen LogP contribution in [0.3, 0.4) is 0 Å². The van der Waals surface area contributed by atoms with Crippen LogP contribution in [0.5, 0.6) is 0 Å². The molecular weight excluding hydrogens is 264 g/mol. The lowest BCUT2D eigenvalue weighted by Crippen LogP contribution is -2.24. The number of thiophene rings is 1. The van der Waals surface area contributed by atoms with Gasteiger partial charge in [-0.2, -0.15) is 0 Å². The van der Waals surface area contributed by atoms with Crippen LogP contribution in [0.4, 0.5) is 0 Å². The lowest BCUT2D eigenvalue weighted by molar-refractivity contribution is 0.0694. The number of carboxylic acid groups (broad SMARTS) is 1. The van der Waals surface area contributed by atoms with Gasteiger partial charge in [0.05, 0.1) is 17.8 Å². The Morgan fingerprint density at radius 2 is 2.16 bits per heavy atom. The van der Waals surface area contributed by atoms with Crippen LogP contribution in [0.2, 0.25) is 0 Å². The second-order valence-corrected chi connectivity index (χ2v) is 4.93. The number of nitrogens with one attached hydrogen (secondary N) is 1. The number of carbonyl (C=O) groups is 2. The molecule has 0 aromatic carbocycles. The van der Waals surface area contributed by atoms with Gasteiger partial charge in [-0.3, -0.25) is 4.79 Å². The van der Waals surface area contributed by atoms with Crippen molar-refractivity contribution in [3.05, 3.63) is 51.5 Å². The molecule has 98 valence electrons. The maximum atomic E-state index is 11.9. The first kappa shape index (κ1) is 13.2. The first-order valence-corrected chi connectivity index (χ1v) is 6.47. The number of pyridine rings is 1. The van der Waals surface area contributed by atoms with E-state index in [9.17, 15) is 9.59 Å². The molecule has 0 saturated heterocycles. The summed E-state index contributed by atoms with van der Waals surface area (Å²) in [7, 11) is 0. The van der Waals surface area contributed by atoms with Crippen molar-refractivity contribution in [3.63, 3.8) is 0 Å². The van der Waals surface area contributed by atoms with Crippen molar-refractivity contribution < 1.29 is 14.7 Å². The van der Waals surface area contributed by atoms with E-state index in [0.717, 1.165) is 4.88 Å². The van der Waals surface area contributed by atoms with Crippen molar-refractivity contribution in [1.29, 1.82) is 0 Å². The van der Waals surface area contributed by atoms with Gasteiger partial charge in [-0.1, -0.05) is 6.07 Å². The molecule has 2 N–H and O–H groups in total. The van der Waals surface area contributed by atoms with Gasteiger partial charge in [0, 0.05) is 4.88 Å². The van der Waals surface area contributed by atoms with Crippen molar-refractivity contribution in [2.75, 3.05) is 0 Å². The molecule has 19 heavy (non-hydrogen) atoms. The van der Waals surface area contributed by atoms with Crippen LogP contribution in [0.25, 0.3) is 0 Å². The molecule has 2 heterocycles. The molecule has 0 fully saturated rings. The predicted molar refractivity (Wildman–Crippen MR) is 71.4 cm³/mol. The summed E-state index contributed by atoms with van der Waals surface area (Å²) in [6.07, 6.45) is 0. The van der Waals surface area contributed by atoms with E-state index in [4.69, 9.17) is 5.11 Å². The zero-order chi connectivity index (χ0) is 13.8. The minimum absolute atomic E-state index is 0.106. The van der Waals surface area contributed by atoms with Gasteiger partial charge in [0.2, 0.25) is 0 Å². The fourth-order valence-electron chi connectivity index (χ4n) is 1.58. The molecule has 0 saturated carbocycles. The number of nitrogens with zero attached hydrogens (tertiary/aromatic N) is 1. The molecule has 0 aliphatic heterocycles. The Morgan fingerprint density at radius 1 is 1.37 bits per heavy atom. The number of carboxylic acids is 1. The highest BCUT2D eigenvalue weighted by molar-refractivity contribution is 7.09. The average Bonchev–Trinajstić information content (AvgIpc) is 2.88. The van der Waals surface area contributed by atoms with Gasteiger partial charge < -0.3 is 10.4 Å². The molecule has 2 aromatic heterocycles. The Hall–Kier alpha value is -2.21. The Kier molecular flexibility index (Phi) is 3.91. The first-order valence-electron chi connectivity index (χ1n) is 5.59. The highest BCUT2D eigenvalue weighted by Gasteiger charge is 2.12. The van der Waals surface area contributed by atoms with E-state index in [1.807, 2.05) is 17.5 Å². The third kappa shape index (κ3) is 3.17. The topological polar surface area (TPSA) is 79.3 Å². The van der Waals surface area contributed by atoms with Gasteiger partial charge >= 0.3 is 5.97 Å². The second-order valence-electron chi connectivity index (χ2n) is 3.90. The minimum Gasteiger partial charge on any atom is -0.478 e. The van der Waals surface area contributed by atoms with E-state index in [0.29, 0.717) is 12.2 Å². The third-order valence-corrected chi connectivity index (χ3v) is 3.43. The Labute approximate surface area is 113 Å². The van der Waals surface area contributed by atoms with Gasteiger partial charge in [0.15, 0.2) is 0 Å². The minimum atomic E-state index is -1.05. The average molecular weight is 276 g/mol. The van der Waals surface area contributed by atoms with Crippen molar-refractivity contribution in [3.8, 4) is 0 Å². The molecule has 0 bridgehead atoms. The number of rotatable bonds is 4. The number of hydrogen-bond acceptors (Lipinski definition) is 4. The first-order chi connectivity index (χ1) is 9.08. The number of aromatic carboxylic acids is 1. The van der Waals surface area contributed by atoms with E-state index < -0.39 is 5.97 Å². The van der Waals surface area contributed by atoms with Crippen LogP contribution in [0, 0.1) is 6.92 Å². The molecule has 0 aliphatic rings. The van der Waals surface area contributed by atoms with Gasteiger partial charge in [0.1, 0.15) is 5.69 Å². The quantitative estimate of drug-likeness (QED) is 0.896. The van der Waals surface area contributed by atoms with Crippen LogP contribution in [-0.4, -0.2) is 22.0 Å². The lowest BCUT2D eigenvalue weighted by Gasteiger charge is -2.05. The zero-order valence-electron chi connectivity index (χ0n) is 10.2. The standard InChI is InChI=1S/C13H12N2O3S/c1-8-10(13(17)18)4-5-11(15-8)12(16)14-7-9-3-2-6-19-9/h2-6H,7H2,1H3,(H,14,16)(H,17,18). The molecule has 0 atom stereocenters. The molecule has 1 amide bonds. The molecule has 2 rings (SSSR count). The lowest BCUT2D eigenvalue weighted by atomic mass is 10.2. The molecule has 0 unspecified atom stereocenters. The van der Waals surface area contributed by atoms with Crippen molar-refractivity contribution in [2.24, 2.45) is 0 Å². The molecule has 2 aromatic rings. The highest BCUT2D eigenvalue weighted by atomic mass is 32.1. The van der Waals surface area contributed by atoms with Gasteiger partial charge in [-0.15, -0.1) is 11.3 Å². The van der Waals surface area contributed by atoms with Crippen molar-refractivity contribution >= 4 is 23.2 Å². The molecular formula is C13H12N2O3S. The summed E-state index contributed by atoms with van der Waals surface area (Å²) in [6, 6.07) is 6.65. The third-order valence-electron chi connectivity index (χ3n) is 2.55. The largest absolute Gasteiger partial charge is 0.478 e. The van der Waals surface area contributed by atoms with E-state index in [2.05, 4.69) is 10.3 Å². The van der Waals surface area contributed by atoms with Gasteiger partial charge in [-0.25, -0.2) is 9.78 Å². The fourth-order valence-corrected chi connectivity index (χ4v) is 2.23. The van der Waals surface area contributed by atoms with E-state index in [1.54, 1.807) is 18.3 Å². The number of hydrogen-bond donors (Lipinski definition) is 2. The van der Waals surface area contributed by atoms with E-state index in [1.165, 1.54) is 12.1 Å². The van der Waals surface area contributed by atoms with Crippen molar-refractivity contribution in [2.45, 2.75) is 13.5 Å². The second kappa shape index (κ2) is 5.62. The van der Waals surface area contributed by atoms with Crippen LogP contribution in [0.15, 0.2) is 29.6 Å². The molecule has 0 spiro atoms. The smallest absolute Gasteiger partial charge is 0.337 e. The molecule has 6 heteroatoms. The monoisotopic (exact) mass is 276 g/mol. The van der Waals surface area contributed by atoms with Crippen LogP contribution in [-0.2, 0) is 6.54 Å². The number of carbonyl (C=O) groups excluding carboxylic acids is 1. The number of amides is 1. The molecule has 0 radical (unpaired) electrons. The highest BCUT2D eigenvalue weighted by Crippen LogP contribution is 2.09. The summed E-state index contributed by atoms with van der Waals surface area (Å²) in [4.78, 5) is 27.8. The summed E-state index contributed by atoms with van der Waals surface area (Å²) in [5.41, 5.74) is 0.658. The summed E-state index contributed by atoms with van der Waals surface area (Å²) in [6.45, 7) is 2.01. The van der Waals surface area contributed by atoms with Crippen molar-refractivity contribution in [1.82, 2.24) is 10.3 Å². The van der Waals surface area contributed by atoms with E-state index in [-0.39, 0.29) is 17.2 Å². The van der Waals surface area contributed by atoms with Crippen LogP contribution < -0.4 is 5.32 Å². The molecule has 5 nitrogen and oxygen atoms in total. The zero-order valence-corrected chi connectivity index (χ0v) is 11.0. The summed E-state index contributed by atoms with van der Waals surface area (Å²) < 4.78 is 0. The maximum absolute atomic E-state index is 11.9.